The van der Waals surface area contributed by atoms with Gasteiger partial charge >= 0.3 is 0 Å². The van der Waals surface area contributed by atoms with Crippen molar-refractivity contribution in [2.24, 2.45) is 5.92 Å². The van der Waals surface area contributed by atoms with Crippen LogP contribution in [0.5, 0.6) is 0 Å². The Morgan fingerprint density at radius 1 is 1.00 bits per heavy atom. The molecule has 3 atom stereocenters. The summed E-state index contributed by atoms with van der Waals surface area (Å²) in [6.45, 7) is 8.64. The van der Waals surface area contributed by atoms with Crippen LogP contribution in [0.3, 0.4) is 0 Å². The Balaban J connectivity index is 1.45. The van der Waals surface area contributed by atoms with E-state index in [2.05, 4.69) is 9.80 Å². The number of morpholine rings is 1. The van der Waals surface area contributed by atoms with Crippen molar-refractivity contribution in [1.29, 1.82) is 0 Å². The van der Waals surface area contributed by atoms with E-state index in [0.29, 0.717) is 18.6 Å². The van der Waals surface area contributed by atoms with E-state index in [0.717, 1.165) is 59.0 Å². The standard InChI is InChI=1S/C14H26N2O3/c17-14-2-6-19-11-12(14)9-15-3-1-13(10-15)16-4-7-18-8-5-16/h12-14,17H,1-11H2. The number of aliphatic hydroxyl groups excluding tert-OH is 1. The first-order valence-corrected chi connectivity index (χ1v) is 7.63. The predicted molar refractivity (Wildman–Crippen MR) is 72.2 cm³/mol. The van der Waals surface area contributed by atoms with Gasteiger partial charge in [0.15, 0.2) is 0 Å². The van der Waals surface area contributed by atoms with Gasteiger partial charge in [-0.25, -0.2) is 0 Å². The van der Waals surface area contributed by atoms with Gasteiger partial charge in [0.05, 0.1) is 25.9 Å². The number of hydrogen-bond donors (Lipinski definition) is 1. The van der Waals surface area contributed by atoms with Crippen LogP contribution in [0.2, 0.25) is 0 Å². The summed E-state index contributed by atoms with van der Waals surface area (Å²) in [6, 6.07) is 0.686. The maximum atomic E-state index is 10.0. The molecule has 3 aliphatic heterocycles. The van der Waals surface area contributed by atoms with Crippen LogP contribution >= 0.6 is 0 Å². The second-order valence-corrected chi connectivity index (χ2v) is 6.04. The molecule has 3 aliphatic rings. The zero-order valence-electron chi connectivity index (χ0n) is 11.7. The molecular formula is C14H26N2O3. The molecule has 0 bridgehead atoms. The third-order valence-electron chi connectivity index (χ3n) is 4.74. The average molecular weight is 270 g/mol. The summed E-state index contributed by atoms with van der Waals surface area (Å²) in [4.78, 5) is 5.07. The topological polar surface area (TPSA) is 45.2 Å². The molecule has 0 aromatic heterocycles. The number of hydrogen-bond acceptors (Lipinski definition) is 5. The molecule has 0 saturated carbocycles. The van der Waals surface area contributed by atoms with Gasteiger partial charge in [0, 0.05) is 44.7 Å². The Hall–Kier alpha value is -0.200. The second-order valence-electron chi connectivity index (χ2n) is 6.04. The summed E-state index contributed by atoms with van der Waals surface area (Å²) in [5.41, 5.74) is 0. The van der Waals surface area contributed by atoms with Crippen molar-refractivity contribution in [3.8, 4) is 0 Å². The molecule has 0 aliphatic carbocycles. The Bertz CT molecular complexity index is 284. The van der Waals surface area contributed by atoms with Crippen molar-refractivity contribution in [1.82, 2.24) is 9.80 Å². The van der Waals surface area contributed by atoms with Gasteiger partial charge in [-0.1, -0.05) is 0 Å². The van der Waals surface area contributed by atoms with Gasteiger partial charge in [0.2, 0.25) is 0 Å². The quantitative estimate of drug-likeness (QED) is 0.769. The summed E-state index contributed by atoms with van der Waals surface area (Å²) in [5.74, 6) is 0.303. The van der Waals surface area contributed by atoms with E-state index in [9.17, 15) is 5.11 Å². The maximum absolute atomic E-state index is 10.0. The fraction of sp³-hybridized carbons (Fsp3) is 1.00. The molecule has 110 valence electrons. The minimum absolute atomic E-state index is 0.170. The first kappa shape index (κ1) is 13.8. The molecule has 0 radical (unpaired) electrons. The van der Waals surface area contributed by atoms with Gasteiger partial charge in [0.25, 0.3) is 0 Å². The highest BCUT2D eigenvalue weighted by Gasteiger charge is 2.32. The second kappa shape index (κ2) is 6.50. The minimum atomic E-state index is -0.170. The van der Waals surface area contributed by atoms with Gasteiger partial charge in [-0.2, -0.15) is 0 Å². The van der Waals surface area contributed by atoms with E-state index >= 15 is 0 Å². The van der Waals surface area contributed by atoms with Gasteiger partial charge in [-0.05, 0) is 19.4 Å². The third-order valence-corrected chi connectivity index (χ3v) is 4.74. The molecule has 0 spiro atoms. The van der Waals surface area contributed by atoms with E-state index in [-0.39, 0.29) is 6.10 Å². The van der Waals surface area contributed by atoms with Crippen molar-refractivity contribution >= 4 is 0 Å². The van der Waals surface area contributed by atoms with Crippen molar-refractivity contribution in [3.63, 3.8) is 0 Å². The number of likely N-dealkylation sites (tertiary alicyclic amines) is 1. The van der Waals surface area contributed by atoms with Crippen LogP contribution in [0.15, 0.2) is 0 Å². The molecule has 3 rings (SSSR count). The van der Waals surface area contributed by atoms with Crippen LogP contribution < -0.4 is 0 Å². The predicted octanol–water partition coefficient (Wildman–Crippen LogP) is -0.210. The Kier molecular flexibility index (Phi) is 4.71. The monoisotopic (exact) mass is 270 g/mol. The summed E-state index contributed by atoms with van der Waals surface area (Å²) < 4.78 is 10.9. The highest BCUT2D eigenvalue weighted by atomic mass is 16.5. The van der Waals surface area contributed by atoms with E-state index < -0.39 is 0 Å². The zero-order chi connectivity index (χ0) is 13.1. The lowest BCUT2D eigenvalue weighted by molar-refractivity contribution is -0.0456. The number of rotatable bonds is 3. The summed E-state index contributed by atoms with van der Waals surface area (Å²) in [7, 11) is 0. The molecule has 0 aromatic carbocycles. The molecule has 5 nitrogen and oxygen atoms in total. The van der Waals surface area contributed by atoms with Crippen LogP contribution in [-0.2, 0) is 9.47 Å². The fourth-order valence-corrected chi connectivity index (χ4v) is 3.51. The van der Waals surface area contributed by atoms with Crippen molar-refractivity contribution in [2.75, 3.05) is 59.2 Å². The lowest BCUT2D eigenvalue weighted by atomic mass is 9.98. The fourth-order valence-electron chi connectivity index (χ4n) is 3.51. The molecule has 1 N–H and O–H groups in total. The first-order chi connectivity index (χ1) is 9.33. The molecule has 3 heterocycles. The summed E-state index contributed by atoms with van der Waals surface area (Å²) in [6.07, 6.45) is 1.88. The Labute approximate surface area is 115 Å². The Morgan fingerprint density at radius 2 is 1.84 bits per heavy atom. The molecule has 19 heavy (non-hydrogen) atoms. The molecular weight excluding hydrogens is 244 g/mol. The van der Waals surface area contributed by atoms with Crippen LogP contribution in [0.1, 0.15) is 12.8 Å². The van der Waals surface area contributed by atoms with Crippen molar-refractivity contribution in [2.45, 2.75) is 25.0 Å². The molecule has 3 fully saturated rings. The van der Waals surface area contributed by atoms with Crippen molar-refractivity contribution < 1.29 is 14.6 Å². The van der Waals surface area contributed by atoms with E-state index in [1.165, 1.54) is 6.42 Å². The van der Waals surface area contributed by atoms with Crippen LogP contribution in [0.25, 0.3) is 0 Å². The number of nitrogens with zero attached hydrogens (tertiary/aromatic N) is 2. The van der Waals surface area contributed by atoms with E-state index in [4.69, 9.17) is 9.47 Å². The first-order valence-electron chi connectivity index (χ1n) is 7.63. The van der Waals surface area contributed by atoms with E-state index in [1.54, 1.807) is 0 Å². The van der Waals surface area contributed by atoms with Gasteiger partial charge in [0.1, 0.15) is 0 Å². The number of aliphatic hydroxyl groups is 1. The van der Waals surface area contributed by atoms with Gasteiger partial charge in [-0.15, -0.1) is 0 Å². The number of ether oxygens (including phenoxy) is 2. The average Bonchev–Trinajstić information content (AvgIpc) is 2.91. The van der Waals surface area contributed by atoms with Crippen LogP contribution in [0, 0.1) is 5.92 Å². The smallest absolute Gasteiger partial charge is 0.0624 e. The van der Waals surface area contributed by atoms with Gasteiger partial charge in [-0.3, -0.25) is 4.90 Å². The highest BCUT2D eigenvalue weighted by molar-refractivity contribution is 4.86. The van der Waals surface area contributed by atoms with Crippen molar-refractivity contribution in [3.05, 3.63) is 0 Å². The lowest BCUT2D eigenvalue weighted by Crippen LogP contribution is -2.45. The minimum Gasteiger partial charge on any atom is -0.393 e. The maximum Gasteiger partial charge on any atom is 0.0624 e. The normalized spacial score (nSPS) is 38.7. The van der Waals surface area contributed by atoms with Crippen LogP contribution in [-0.4, -0.2) is 86.2 Å². The summed E-state index contributed by atoms with van der Waals surface area (Å²) >= 11 is 0. The lowest BCUT2D eigenvalue weighted by Gasteiger charge is -2.33. The third kappa shape index (κ3) is 3.47. The molecule has 0 amide bonds. The molecule has 3 unspecified atom stereocenters. The molecule has 5 heteroatoms. The van der Waals surface area contributed by atoms with Crippen LogP contribution in [0.4, 0.5) is 0 Å². The molecule has 3 saturated heterocycles. The zero-order valence-corrected chi connectivity index (χ0v) is 11.7. The largest absolute Gasteiger partial charge is 0.393 e. The van der Waals surface area contributed by atoms with E-state index in [1.807, 2.05) is 0 Å². The van der Waals surface area contributed by atoms with Gasteiger partial charge < -0.3 is 19.5 Å². The highest BCUT2D eigenvalue weighted by Crippen LogP contribution is 2.21. The molecule has 0 aromatic rings. The summed E-state index contributed by atoms with van der Waals surface area (Å²) in [5, 5.41) is 10.0. The Morgan fingerprint density at radius 3 is 2.63 bits per heavy atom. The SMILES string of the molecule is OC1CCOCC1CN1CCC(N2CCOCC2)C1.